The molecule has 0 unspecified atom stereocenters. The molecule has 0 aromatic heterocycles. The molecule has 76 valence electrons. The first-order valence-electron chi connectivity index (χ1n) is 4.67. The van der Waals surface area contributed by atoms with Gasteiger partial charge in [-0.15, -0.1) is 0 Å². The fourth-order valence-electron chi connectivity index (χ4n) is 1.47. The molecule has 0 spiro atoms. The Morgan fingerprint density at radius 1 is 1.36 bits per heavy atom. The third-order valence-electron chi connectivity index (χ3n) is 2.49. The number of nitrogens with one attached hydrogen (secondary N) is 1. The summed E-state index contributed by atoms with van der Waals surface area (Å²) in [5.74, 6) is 0.585. The van der Waals surface area contributed by atoms with E-state index in [4.69, 9.17) is 0 Å². The van der Waals surface area contributed by atoms with Crippen LogP contribution in [-0.4, -0.2) is 15.5 Å². The summed E-state index contributed by atoms with van der Waals surface area (Å²) in [5.41, 5.74) is 1.14. The summed E-state index contributed by atoms with van der Waals surface area (Å²) in [5, 5.41) is 0. The normalized spacial score (nSPS) is 16.9. The van der Waals surface area contributed by atoms with Crippen LogP contribution in [0.5, 0.6) is 0 Å². The first-order valence-corrected chi connectivity index (χ1v) is 6.15. The third-order valence-corrected chi connectivity index (χ3v) is 3.90. The van der Waals surface area contributed by atoms with E-state index in [1.54, 1.807) is 18.2 Å². The Bertz CT molecular complexity index is 435. The lowest BCUT2D eigenvalue weighted by Gasteiger charge is -2.04. The largest absolute Gasteiger partial charge is 0.240 e. The van der Waals surface area contributed by atoms with Gasteiger partial charge in [-0.2, -0.15) is 0 Å². The summed E-state index contributed by atoms with van der Waals surface area (Å²) in [4.78, 5) is 0.365. The van der Waals surface area contributed by atoms with Crippen molar-refractivity contribution in [3.05, 3.63) is 29.8 Å². The molecule has 0 heterocycles. The van der Waals surface area contributed by atoms with E-state index in [9.17, 15) is 8.42 Å². The topological polar surface area (TPSA) is 46.2 Å². The van der Waals surface area contributed by atoms with Gasteiger partial charge in [-0.1, -0.05) is 12.1 Å². The van der Waals surface area contributed by atoms with E-state index in [2.05, 4.69) is 4.72 Å². The first kappa shape index (κ1) is 9.68. The Kier molecular flexibility index (Phi) is 2.33. The second kappa shape index (κ2) is 3.37. The molecule has 1 fully saturated rings. The van der Waals surface area contributed by atoms with E-state index in [-0.39, 0.29) is 0 Å². The zero-order valence-electron chi connectivity index (χ0n) is 8.03. The molecule has 1 aliphatic rings. The molecular weight excluding hydrogens is 198 g/mol. The van der Waals surface area contributed by atoms with E-state index in [0.717, 1.165) is 5.56 Å². The van der Waals surface area contributed by atoms with E-state index in [0.29, 0.717) is 10.8 Å². The summed E-state index contributed by atoms with van der Waals surface area (Å²) in [6, 6.07) is 7.19. The molecule has 0 bridgehead atoms. The highest BCUT2D eigenvalue weighted by Gasteiger charge is 2.24. The lowest BCUT2D eigenvalue weighted by Crippen LogP contribution is -2.18. The number of hydrogen-bond acceptors (Lipinski definition) is 2. The fourth-order valence-corrected chi connectivity index (χ4v) is 2.25. The van der Waals surface area contributed by atoms with Crippen molar-refractivity contribution in [1.82, 2.24) is 4.72 Å². The SMILES string of the molecule is CNS(=O)(=O)c1cccc(C2CC2)c1. The standard InChI is InChI=1S/C10H13NO2S/c1-11-14(12,13)10-4-2-3-9(7-10)8-5-6-8/h2-4,7-8,11H,5-6H2,1H3. The molecule has 0 amide bonds. The van der Waals surface area contributed by atoms with Crippen molar-refractivity contribution >= 4 is 10.0 Å². The highest BCUT2D eigenvalue weighted by atomic mass is 32.2. The average Bonchev–Trinajstić information content (AvgIpc) is 3.01. The van der Waals surface area contributed by atoms with E-state index < -0.39 is 10.0 Å². The van der Waals surface area contributed by atoms with Crippen LogP contribution < -0.4 is 4.72 Å². The summed E-state index contributed by atoms with van der Waals surface area (Å²) in [7, 11) is -1.85. The molecule has 0 radical (unpaired) electrons. The Morgan fingerprint density at radius 3 is 2.64 bits per heavy atom. The molecule has 1 saturated carbocycles. The van der Waals surface area contributed by atoms with Gasteiger partial charge in [0.25, 0.3) is 0 Å². The molecular formula is C10H13NO2S. The van der Waals surface area contributed by atoms with Crippen LogP contribution >= 0.6 is 0 Å². The highest BCUT2D eigenvalue weighted by Crippen LogP contribution is 2.40. The van der Waals surface area contributed by atoms with Crippen molar-refractivity contribution in [2.75, 3.05) is 7.05 Å². The zero-order chi connectivity index (χ0) is 10.2. The number of rotatable bonds is 3. The predicted octanol–water partition coefficient (Wildman–Crippen LogP) is 1.47. The van der Waals surface area contributed by atoms with Crippen LogP contribution in [0.1, 0.15) is 24.3 Å². The number of hydrogen-bond donors (Lipinski definition) is 1. The van der Waals surface area contributed by atoms with Crippen LogP contribution in [0.15, 0.2) is 29.2 Å². The number of benzene rings is 1. The van der Waals surface area contributed by atoms with Gasteiger partial charge in [0.15, 0.2) is 0 Å². The van der Waals surface area contributed by atoms with Crippen molar-refractivity contribution in [2.45, 2.75) is 23.7 Å². The molecule has 1 aromatic carbocycles. The molecule has 14 heavy (non-hydrogen) atoms. The minimum atomic E-state index is -3.28. The van der Waals surface area contributed by atoms with Crippen molar-refractivity contribution in [3.8, 4) is 0 Å². The van der Waals surface area contributed by atoms with Crippen LogP contribution in [-0.2, 0) is 10.0 Å². The van der Waals surface area contributed by atoms with Crippen molar-refractivity contribution in [2.24, 2.45) is 0 Å². The van der Waals surface area contributed by atoms with Gasteiger partial charge >= 0.3 is 0 Å². The lowest BCUT2D eigenvalue weighted by atomic mass is 10.1. The molecule has 1 N–H and O–H groups in total. The van der Waals surface area contributed by atoms with E-state index >= 15 is 0 Å². The molecule has 4 heteroatoms. The van der Waals surface area contributed by atoms with Gasteiger partial charge in [0.1, 0.15) is 0 Å². The second-order valence-electron chi connectivity index (χ2n) is 3.55. The van der Waals surface area contributed by atoms with Crippen molar-refractivity contribution < 1.29 is 8.42 Å². The van der Waals surface area contributed by atoms with Gasteiger partial charge in [0.2, 0.25) is 10.0 Å². The molecule has 1 aliphatic carbocycles. The van der Waals surface area contributed by atoms with Gasteiger partial charge in [0.05, 0.1) is 4.90 Å². The van der Waals surface area contributed by atoms with Gasteiger partial charge in [-0.25, -0.2) is 13.1 Å². The van der Waals surface area contributed by atoms with Gasteiger partial charge in [0, 0.05) is 0 Å². The second-order valence-corrected chi connectivity index (χ2v) is 5.44. The maximum absolute atomic E-state index is 11.5. The third kappa shape index (κ3) is 1.81. The Balaban J connectivity index is 2.39. The summed E-state index contributed by atoms with van der Waals surface area (Å²) in [6.45, 7) is 0. The first-order chi connectivity index (χ1) is 6.63. The highest BCUT2D eigenvalue weighted by molar-refractivity contribution is 7.89. The van der Waals surface area contributed by atoms with E-state index in [1.165, 1.54) is 19.9 Å². The Labute approximate surface area is 84.2 Å². The summed E-state index contributed by atoms with van der Waals surface area (Å²) < 4.78 is 25.3. The summed E-state index contributed by atoms with van der Waals surface area (Å²) in [6.07, 6.45) is 2.37. The Morgan fingerprint density at radius 2 is 2.07 bits per heavy atom. The molecule has 0 aliphatic heterocycles. The zero-order valence-corrected chi connectivity index (χ0v) is 8.84. The van der Waals surface area contributed by atoms with Crippen LogP contribution in [0, 0.1) is 0 Å². The Hall–Kier alpha value is -0.870. The monoisotopic (exact) mass is 211 g/mol. The number of sulfonamides is 1. The summed E-state index contributed by atoms with van der Waals surface area (Å²) >= 11 is 0. The van der Waals surface area contributed by atoms with Gasteiger partial charge < -0.3 is 0 Å². The maximum Gasteiger partial charge on any atom is 0.240 e. The van der Waals surface area contributed by atoms with E-state index in [1.807, 2.05) is 6.07 Å². The molecule has 0 saturated heterocycles. The minimum absolute atomic E-state index is 0.365. The fraction of sp³-hybridized carbons (Fsp3) is 0.400. The molecule has 1 aromatic rings. The van der Waals surface area contributed by atoms with Crippen LogP contribution in [0.25, 0.3) is 0 Å². The average molecular weight is 211 g/mol. The van der Waals surface area contributed by atoms with Crippen LogP contribution in [0.4, 0.5) is 0 Å². The quantitative estimate of drug-likeness (QED) is 0.823. The molecule has 3 nitrogen and oxygen atoms in total. The van der Waals surface area contributed by atoms with Gasteiger partial charge in [-0.3, -0.25) is 0 Å². The molecule has 2 rings (SSSR count). The van der Waals surface area contributed by atoms with Crippen LogP contribution in [0.2, 0.25) is 0 Å². The van der Waals surface area contributed by atoms with Crippen molar-refractivity contribution in [1.29, 1.82) is 0 Å². The van der Waals surface area contributed by atoms with Gasteiger partial charge in [-0.05, 0) is 43.5 Å². The van der Waals surface area contributed by atoms with Crippen LogP contribution in [0.3, 0.4) is 0 Å². The minimum Gasteiger partial charge on any atom is -0.214 e. The molecule has 0 atom stereocenters. The van der Waals surface area contributed by atoms with Crippen molar-refractivity contribution in [3.63, 3.8) is 0 Å². The lowest BCUT2D eigenvalue weighted by molar-refractivity contribution is 0.588. The maximum atomic E-state index is 11.5. The predicted molar refractivity (Wildman–Crippen MR) is 54.7 cm³/mol. The smallest absolute Gasteiger partial charge is 0.214 e.